The molecule has 4 rings (SSSR count). The van der Waals surface area contributed by atoms with Crippen LogP contribution in [0.1, 0.15) is 77.0 Å². The van der Waals surface area contributed by atoms with Crippen molar-refractivity contribution in [3.8, 4) is 0 Å². The lowest BCUT2D eigenvalue weighted by Crippen LogP contribution is -2.47. The third-order valence-corrected chi connectivity index (χ3v) is 12.1. The van der Waals surface area contributed by atoms with Crippen LogP contribution in [0.3, 0.4) is 0 Å². The summed E-state index contributed by atoms with van der Waals surface area (Å²) >= 11 is 0. The van der Waals surface area contributed by atoms with E-state index in [0.717, 1.165) is 50.2 Å². The van der Waals surface area contributed by atoms with Gasteiger partial charge in [0.25, 0.3) is 0 Å². The predicted octanol–water partition coefficient (Wildman–Crippen LogP) is 4.77. The first-order valence-electron chi connectivity index (χ1n) is 13.1. The van der Waals surface area contributed by atoms with E-state index in [-0.39, 0.29) is 5.92 Å². The molecule has 4 fully saturated rings. The van der Waals surface area contributed by atoms with E-state index >= 15 is 0 Å². The number of carbonyl (C=O) groups excluding carboxylic acids is 1. The van der Waals surface area contributed by atoms with E-state index in [1.54, 1.807) is 0 Å². The van der Waals surface area contributed by atoms with Gasteiger partial charge in [0.15, 0.2) is 8.32 Å². The second kappa shape index (κ2) is 9.62. The zero-order valence-electron chi connectivity index (χ0n) is 19.5. The Morgan fingerprint density at radius 3 is 2.30 bits per heavy atom. The minimum atomic E-state index is -2.08. The van der Waals surface area contributed by atoms with Crippen molar-refractivity contribution in [2.24, 2.45) is 41.2 Å². The Hall–Kier alpha value is -0.393. The molecular formula is C25H46N2O2Si. The Morgan fingerprint density at radius 1 is 0.900 bits per heavy atom. The van der Waals surface area contributed by atoms with Crippen molar-refractivity contribution in [1.29, 1.82) is 0 Å². The molecule has 30 heavy (non-hydrogen) atoms. The van der Waals surface area contributed by atoms with E-state index in [2.05, 4.69) is 18.0 Å². The van der Waals surface area contributed by atoms with E-state index in [9.17, 15) is 9.59 Å². The van der Waals surface area contributed by atoms with Crippen LogP contribution in [0.2, 0.25) is 18.6 Å². The number of piperidine rings is 1. The minimum absolute atomic E-state index is 0.251. The number of hydrogen-bond acceptors (Lipinski definition) is 3. The SMILES string of the molecule is C[Si](C)(O)C1CCCC2CC(C(=O)N3CCC(C4CCCC(CN)C4)CC3)CCC21. The zero-order chi connectivity index (χ0) is 21.3. The average Bonchev–Trinajstić information content (AvgIpc) is 2.77. The van der Waals surface area contributed by atoms with E-state index in [1.165, 1.54) is 64.2 Å². The molecule has 0 radical (unpaired) electrons. The number of carbonyl (C=O) groups is 1. The van der Waals surface area contributed by atoms with Crippen LogP contribution in [0.15, 0.2) is 0 Å². The Morgan fingerprint density at radius 2 is 1.60 bits per heavy atom. The van der Waals surface area contributed by atoms with Gasteiger partial charge in [-0.3, -0.25) is 4.79 Å². The first-order valence-corrected chi connectivity index (χ1v) is 16.1. The van der Waals surface area contributed by atoms with Gasteiger partial charge in [-0.1, -0.05) is 32.1 Å². The number of fused-ring (bicyclic) bond motifs is 1. The summed E-state index contributed by atoms with van der Waals surface area (Å²) in [6, 6.07) is 0. The molecule has 4 nitrogen and oxygen atoms in total. The number of nitrogens with zero attached hydrogens (tertiary/aromatic N) is 1. The quantitative estimate of drug-likeness (QED) is 0.626. The predicted molar refractivity (Wildman–Crippen MR) is 125 cm³/mol. The maximum atomic E-state index is 13.4. The van der Waals surface area contributed by atoms with Crippen LogP contribution in [-0.4, -0.2) is 43.6 Å². The molecular weight excluding hydrogens is 388 g/mol. The molecule has 1 saturated heterocycles. The van der Waals surface area contributed by atoms with Crippen molar-refractivity contribution in [1.82, 2.24) is 4.90 Å². The van der Waals surface area contributed by atoms with Gasteiger partial charge in [-0.2, -0.15) is 0 Å². The Bertz CT molecular complexity index is 584. The Balaban J connectivity index is 1.28. The topological polar surface area (TPSA) is 66.6 Å². The average molecular weight is 435 g/mol. The standard InChI is InChI=1S/C25H46N2O2Si/c1-30(2,29)24-8-4-7-21-16-22(9-10-23(21)24)25(28)27-13-11-19(12-14-27)20-6-3-5-18(15-20)17-26/h18-24,29H,3-17,26H2,1-2H3. The van der Waals surface area contributed by atoms with Crippen LogP contribution in [0.5, 0.6) is 0 Å². The van der Waals surface area contributed by atoms with Gasteiger partial charge < -0.3 is 15.4 Å². The normalized spacial score (nSPS) is 38.9. The van der Waals surface area contributed by atoms with Gasteiger partial charge in [0, 0.05) is 19.0 Å². The van der Waals surface area contributed by atoms with Gasteiger partial charge >= 0.3 is 0 Å². The van der Waals surface area contributed by atoms with Gasteiger partial charge in [-0.25, -0.2) is 0 Å². The lowest BCUT2D eigenvalue weighted by Gasteiger charge is -2.47. The van der Waals surface area contributed by atoms with Crippen molar-refractivity contribution < 1.29 is 9.59 Å². The number of nitrogens with two attached hydrogens (primary N) is 1. The third kappa shape index (κ3) is 4.99. The zero-order valence-corrected chi connectivity index (χ0v) is 20.5. The molecule has 0 spiro atoms. The van der Waals surface area contributed by atoms with Crippen LogP contribution < -0.4 is 5.73 Å². The summed E-state index contributed by atoms with van der Waals surface area (Å²) in [5.74, 6) is 4.48. The van der Waals surface area contributed by atoms with Gasteiger partial charge in [0.2, 0.25) is 5.91 Å². The maximum absolute atomic E-state index is 13.4. The summed E-state index contributed by atoms with van der Waals surface area (Å²) in [7, 11) is -2.08. The number of likely N-dealkylation sites (tertiary alicyclic amines) is 1. The van der Waals surface area contributed by atoms with Crippen LogP contribution in [0, 0.1) is 35.5 Å². The van der Waals surface area contributed by atoms with Gasteiger partial charge in [-0.15, -0.1) is 0 Å². The van der Waals surface area contributed by atoms with Crippen LogP contribution in [0.4, 0.5) is 0 Å². The second-order valence-electron chi connectivity index (χ2n) is 11.8. The van der Waals surface area contributed by atoms with E-state index in [1.807, 2.05) is 0 Å². The van der Waals surface area contributed by atoms with Crippen molar-refractivity contribution in [3.63, 3.8) is 0 Å². The third-order valence-electron chi connectivity index (χ3n) is 9.58. The second-order valence-corrected chi connectivity index (χ2v) is 15.9. The molecule has 4 aliphatic rings. The molecule has 1 heterocycles. The molecule has 1 aliphatic heterocycles. The summed E-state index contributed by atoms with van der Waals surface area (Å²) in [6.07, 6.45) is 14.9. The molecule has 3 saturated carbocycles. The molecule has 172 valence electrons. The van der Waals surface area contributed by atoms with E-state index in [0.29, 0.717) is 23.3 Å². The molecule has 3 aliphatic carbocycles. The Kier molecular flexibility index (Phi) is 7.31. The molecule has 3 N–H and O–H groups in total. The number of amides is 1. The lowest BCUT2D eigenvalue weighted by molar-refractivity contribution is -0.139. The molecule has 0 aromatic carbocycles. The fourth-order valence-electron chi connectivity index (χ4n) is 7.89. The molecule has 0 aromatic heterocycles. The monoisotopic (exact) mass is 434 g/mol. The lowest BCUT2D eigenvalue weighted by atomic mass is 9.66. The highest BCUT2D eigenvalue weighted by atomic mass is 28.4. The summed E-state index contributed by atoms with van der Waals surface area (Å²) < 4.78 is 0. The first-order chi connectivity index (χ1) is 14.4. The molecule has 0 bridgehead atoms. The summed E-state index contributed by atoms with van der Waals surface area (Å²) in [4.78, 5) is 26.4. The summed E-state index contributed by atoms with van der Waals surface area (Å²) in [5.41, 5.74) is 6.51. The Labute approximate surface area is 185 Å². The highest BCUT2D eigenvalue weighted by molar-refractivity contribution is 6.71. The minimum Gasteiger partial charge on any atom is -0.432 e. The van der Waals surface area contributed by atoms with Gasteiger partial charge in [0.1, 0.15) is 0 Å². The largest absolute Gasteiger partial charge is 0.432 e. The molecule has 6 atom stereocenters. The van der Waals surface area contributed by atoms with Crippen LogP contribution in [0.25, 0.3) is 0 Å². The molecule has 0 aromatic rings. The fraction of sp³-hybridized carbons (Fsp3) is 0.960. The van der Waals surface area contributed by atoms with Crippen molar-refractivity contribution >= 4 is 14.2 Å². The fourth-order valence-corrected chi connectivity index (χ4v) is 10.3. The van der Waals surface area contributed by atoms with Crippen LogP contribution >= 0.6 is 0 Å². The summed E-state index contributed by atoms with van der Waals surface area (Å²) in [6.45, 7) is 7.08. The molecule has 1 amide bonds. The molecule has 5 heteroatoms. The highest BCUT2D eigenvalue weighted by Gasteiger charge is 2.46. The van der Waals surface area contributed by atoms with E-state index < -0.39 is 8.32 Å². The van der Waals surface area contributed by atoms with Crippen molar-refractivity contribution in [3.05, 3.63) is 0 Å². The smallest absolute Gasteiger partial charge is 0.225 e. The number of hydrogen-bond donors (Lipinski definition) is 2. The van der Waals surface area contributed by atoms with Crippen molar-refractivity contribution in [2.75, 3.05) is 19.6 Å². The van der Waals surface area contributed by atoms with E-state index in [4.69, 9.17) is 5.73 Å². The van der Waals surface area contributed by atoms with Gasteiger partial charge in [-0.05, 0) is 99.7 Å². The summed E-state index contributed by atoms with van der Waals surface area (Å²) in [5, 5.41) is 0. The van der Waals surface area contributed by atoms with Gasteiger partial charge in [0.05, 0.1) is 0 Å². The van der Waals surface area contributed by atoms with Crippen LogP contribution in [-0.2, 0) is 4.79 Å². The first kappa shape index (κ1) is 22.8. The maximum Gasteiger partial charge on any atom is 0.225 e. The molecule has 6 unspecified atom stereocenters. The van der Waals surface area contributed by atoms with Crippen molar-refractivity contribution in [2.45, 2.75) is 95.7 Å². The highest BCUT2D eigenvalue weighted by Crippen LogP contribution is 2.51. The number of rotatable bonds is 4.